The SMILES string of the molecule is Nc1nc2c(c(N3CCC[C@H](OCc4cccnc4)C3)n1)CCNC2. The summed E-state index contributed by atoms with van der Waals surface area (Å²) < 4.78 is 6.13. The Labute approximate surface area is 147 Å². The lowest BCUT2D eigenvalue weighted by molar-refractivity contribution is 0.0312. The highest BCUT2D eigenvalue weighted by molar-refractivity contribution is 5.53. The van der Waals surface area contributed by atoms with Crippen molar-refractivity contribution in [3.8, 4) is 0 Å². The van der Waals surface area contributed by atoms with Crippen LogP contribution in [0.25, 0.3) is 0 Å². The first kappa shape index (κ1) is 16.2. The third-order valence-electron chi connectivity index (χ3n) is 4.82. The number of fused-ring (bicyclic) bond motifs is 1. The van der Waals surface area contributed by atoms with Gasteiger partial charge in [-0.05, 0) is 37.4 Å². The summed E-state index contributed by atoms with van der Waals surface area (Å²) in [5.74, 6) is 1.36. The second-order valence-corrected chi connectivity index (χ2v) is 6.64. The van der Waals surface area contributed by atoms with Crippen molar-refractivity contribution in [2.75, 3.05) is 30.3 Å². The van der Waals surface area contributed by atoms with Crippen molar-refractivity contribution < 1.29 is 4.74 Å². The van der Waals surface area contributed by atoms with Gasteiger partial charge in [-0.15, -0.1) is 0 Å². The topological polar surface area (TPSA) is 89.2 Å². The van der Waals surface area contributed by atoms with E-state index >= 15 is 0 Å². The molecule has 0 unspecified atom stereocenters. The summed E-state index contributed by atoms with van der Waals surface area (Å²) >= 11 is 0. The third kappa shape index (κ3) is 3.72. The van der Waals surface area contributed by atoms with Crippen molar-refractivity contribution in [1.82, 2.24) is 20.3 Å². The van der Waals surface area contributed by atoms with Crippen molar-refractivity contribution in [1.29, 1.82) is 0 Å². The van der Waals surface area contributed by atoms with Gasteiger partial charge < -0.3 is 20.7 Å². The number of anilines is 2. The van der Waals surface area contributed by atoms with Crippen molar-refractivity contribution in [3.63, 3.8) is 0 Å². The lowest BCUT2D eigenvalue weighted by atomic mass is 10.0. The van der Waals surface area contributed by atoms with E-state index in [4.69, 9.17) is 10.5 Å². The maximum absolute atomic E-state index is 6.13. The molecule has 2 aliphatic heterocycles. The zero-order valence-electron chi connectivity index (χ0n) is 14.3. The molecule has 25 heavy (non-hydrogen) atoms. The van der Waals surface area contributed by atoms with Crippen LogP contribution in [0.4, 0.5) is 11.8 Å². The maximum atomic E-state index is 6.13. The zero-order chi connectivity index (χ0) is 17.1. The van der Waals surface area contributed by atoms with Gasteiger partial charge >= 0.3 is 0 Å². The summed E-state index contributed by atoms with van der Waals surface area (Å²) in [6, 6.07) is 3.98. The van der Waals surface area contributed by atoms with Crippen molar-refractivity contribution >= 4 is 11.8 Å². The quantitative estimate of drug-likeness (QED) is 0.867. The second kappa shape index (κ2) is 7.33. The van der Waals surface area contributed by atoms with E-state index in [0.717, 1.165) is 62.5 Å². The largest absolute Gasteiger partial charge is 0.372 e. The molecule has 0 radical (unpaired) electrons. The van der Waals surface area contributed by atoms with Crippen molar-refractivity contribution in [2.45, 2.75) is 38.5 Å². The van der Waals surface area contributed by atoms with Crippen LogP contribution in [0, 0.1) is 0 Å². The van der Waals surface area contributed by atoms with Gasteiger partial charge in [-0.25, -0.2) is 4.98 Å². The van der Waals surface area contributed by atoms with Crippen LogP contribution >= 0.6 is 0 Å². The molecule has 2 aromatic rings. The van der Waals surface area contributed by atoms with E-state index in [2.05, 4.69) is 25.2 Å². The number of hydrogen-bond acceptors (Lipinski definition) is 7. The molecule has 0 aliphatic carbocycles. The molecule has 0 saturated carbocycles. The lowest BCUT2D eigenvalue weighted by Crippen LogP contribution is -2.41. The predicted molar refractivity (Wildman–Crippen MR) is 96.1 cm³/mol. The van der Waals surface area contributed by atoms with Crippen LogP contribution in [0.2, 0.25) is 0 Å². The number of aromatic nitrogens is 3. The minimum Gasteiger partial charge on any atom is -0.372 e. The Bertz CT molecular complexity index is 723. The standard InChI is InChI=1S/C18H24N6O/c19-18-22-16-10-21-7-5-15(16)17(23-18)24-8-2-4-14(11-24)25-12-13-3-1-6-20-9-13/h1,3,6,9,14,21H,2,4-5,7-8,10-12H2,(H2,19,22,23)/t14-/m0/s1. The van der Waals surface area contributed by atoms with E-state index in [-0.39, 0.29) is 6.10 Å². The van der Waals surface area contributed by atoms with Crippen LogP contribution in [0.3, 0.4) is 0 Å². The second-order valence-electron chi connectivity index (χ2n) is 6.64. The molecule has 7 nitrogen and oxygen atoms in total. The van der Waals surface area contributed by atoms with E-state index in [1.807, 2.05) is 18.3 Å². The number of rotatable bonds is 4. The molecular weight excluding hydrogens is 316 g/mol. The lowest BCUT2D eigenvalue weighted by Gasteiger charge is -2.35. The maximum Gasteiger partial charge on any atom is 0.222 e. The highest BCUT2D eigenvalue weighted by Gasteiger charge is 2.26. The fourth-order valence-corrected chi connectivity index (χ4v) is 3.58. The first-order valence-corrected chi connectivity index (χ1v) is 8.91. The number of nitrogens with zero attached hydrogens (tertiary/aromatic N) is 4. The van der Waals surface area contributed by atoms with Crippen molar-refractivity contribution in [3.05, 3.63) is 41.3 Å². The number of hydrogen-bond donors (Lipinski definition) is 2. The molecule has 1 fully saturated rings. The van der Waals surface area contributed by atoms with Gasteiger partial charge in [0.1, 0.15) is 5.82 Å². The first-order valence-electron chi connectivity index (χ1n) is 8.91. The Morgan fingerprint density at radius 2 is 2.32 bits per heavy atom. The summed E-state index contributed by atoms with van der Waals surface area (Å²) in [7, 11) is 0. The van der Waals surface area contributed by atoms with E-state index in [1.54, 1.807) is 6.20 Å². The molecule has 0 aromatic carbocycles. The molecule has 3 N–H and O–H groups in total. The van der Waals surface area contributed by atoms with Crippen LogP contribution in [0.15, 0.2) is 24.5 Å². The Balaban J connectivity index is 1.47. The zero-order valence-corrected chi connectivity index (χ0v) is 14.3. The van der Waals surface area contributed by atoms with Gasteiger partial charge in [-0.3, -0.25) is 4.98 Å². The highest BCUT2D eigenvalue weighted by Crippen LogP contribution is 2.28. The molecule has 0 bridgehead atoms. The normalized spacial score (nSPS) is 20.3. The predicted octanol–water partition coefficient (Wildman–Crippen LogP) is 1.29. The Kier molecular flexibility index (Phi) is 4.76. The number of nitrogen functional groups attached to an aromatic ring is 1. The third-order valence-corrected chi connectivity index (χ3v) is 4.82. The molecule has 0 spiro atoms. The minimum absolute atomic E-state index is 0.197. The number of nitrogens with one attached hydrogen (secondary N) is 1. The van der Waals surface area contributed by atoms with Gasteiger partial charge in [0.2, 0.25) is 5.95 Å². The molecular formula is C18H24N6O. The number of pyridine rings is 1. The van der Waals surface area contributed by atoms with Crippen LogP contribution in [-0.4, -0.2) is 40.7 Å². The smallest absolute Gasteiger partial charge is 0.222 e. The van der Waals surface area contributed by atoms with E-state index in [0.29, 0.717) is 12.6 Å². The van der Waals surface area contributed by atoms with Gasteiger partial charge in [-0.2, -0.15) is 4.98 Å². The van der Waals surface area contributed by atoms with Crippen molar-refractivity contribution in [2.24, 2.45) is 0 Å². The van der Waals surface area contributed by atoms with Crippen LogP contribution in [0.1, 0.15) is 29.7 Å². The molecule has 4 rings (SSSR count). The number of nitrogens with two attached hydrogens (primary N) is 1. The van der Waals surface area contributed by atoms with Gasteiger partial charge in [0.05, 0.1) is 18.4 Å². The number of piperidine rings is 1. The number of ether oxygens (including phenoxy) is 1. The Hall–Kier alpha value is -2.25. The van der Waals surface area contributed by atoms with Crippen LogP contribution < -0.4 is 16.0 Å². The van der Waals surface area contributed by atoms with E-state index < -0.39 is 0 Å². The monoisotopic (exact) mass is 340 g/mol. The molecule has 7 heteroatoms. The fourth-order valence-electron chi connectivity index (χ4n) is 3.58. The Morgan fingerprint density at radius 3 is 3.20 bits per heavy atom. The van der Waals surface area contributed by atoms with Gasteiger partial charge in [0.15, 0.2) is 0 Å². The summed E-state index contributed by atoms with van der Waals surface area (Å²) in [6.07, 6.45) is 6.94. The minimum atomic E-state index is 0.197. The van der Waals surface area contributed by atoms with E-state index in [9.17, 15) is 0 Å². The van der Waals surface area contributed by atoms with Gasteiger partial charge in [0.25, 0.3) is 0 Å². The summed E-state index contributed by atoms with van der Waals surface area (Å²) in [4.78, 5) is 15.4. The Morgan fingerprint density at radius 1 is 1.36 bits per heavy atom. The summed E-state index contributed by atoms with van der Waals surface area (Å²) in [5, 5.41) is 3.35. The van der Waals surface area contributed by atoms with Crippen LogP contribution in [-0.2, 0) is 24.3 Å². The molecule has 132 valence electrons. The molecule has 2 aliphatic rings. The summed E-state index contributed by atoms with van der Waals surface area (Å²) in [6.45, 7) is 4.16. The van der Waals surface area contributed by atoms with Gasteiger partial charge in [-0.1, -0.05) is 6.07 Å². The van der Waals surface area contributed by atoms with Crippen LogP contribution in [0.5, 0.6) is 0 Å². The van der Waals surface area contributed by atoms with E-state index in [1.165, 1.54) is 5.56 Å². The molecule has 2 aromatic heterocycles. The average molecular weight is 340 g/mol. The molecule has 1 atom stereocenters. The summed E-state index contributed by atoms with van der Waals surface area (Å²) in [5.41, 5.74) is 9.32. The fraction of sp³-hybridized carbons (Fsp3) is 0.500. The van der Waals surface area contributed by atoms with Gasteiger partial charge in [0, 0.05) is 37.6 Å². The molecule has 4 heterocycles. The molecule has 1 saturated heterocycles. The average Bonchev–Trinajstić information content (AvgIpc) is 2.67. The first-order chi connectivity index (χ1) is 12.3. The molecule has 0 amide bonds. The highest BCUT2D eigenvalue weighted by atomic mass is 16.5.